The second kappa shape index (κ2) is 9.82. The summed E-state index contributed by atoms with van der Waals surface area (Å²) in [7, 11) is 0. The molecule has 2 aliphatic heterocycles. The molecule has 0 amide bonds. The quantitative estimate of drug-likeness (QED) is 0.460. The molecule has 6 heteroatoms. The number of hydrogen-bond acceptors (Lipinski definition) is 6. The van der Waals surface area contributed by atoms with Crippen molar-refractivity contribution in [3.8, 4) is 0 Å². The first-order chi connectivity index (χ1) is 13.2. The Kier molecular flexibility index (Phi) is 7.75. The van der Waals surface area contributed by atoms with Crippen LogP contribution in [0.25, 0.3) is 0 Å². The highest BCUT2D eigenvalue weighted by atomic mass is 16.8. The van der Waals surface area contributed by atoms with Crippen molar-refractivity contribution in [1.82, 2.24) is 0 Å². The molecule has 2 rings (SSSR count). The molecule has 0 radical (unpaired) electrons. The lowest BCUT2D eigenvalue weighted by Crippen LogP contribution is -2.51. The molecule has 0 aromatic carbocycles. The van der Waals surface area contributed by atoms with Gasteiger partial charge in [0.1, 0.15) is 5.78 Å². The molecule has 2 heterocycles. The molecule has 6 nitrogen and oxygen atoms in total. The molecule has 0 unspecified atom stereocenters. The number of ketones is 1. The summed E-state index contributed by atoms with van der Waals surface area (Å²) < 4.78 is 16.6. The Balaban J connectivity index is 2.29. The van der Waals surface area contributed by atoms with Gasteiger partial charge >= 0.3 is 11.9 Å². The van der Waals surface area contributed by atoms with E-state index in [1.165, 1.54) is 12.5 Å². The van der Waals surface area contributed by atoms with Crippen LogP contribution >= 0.6 is 0 Å². The summed E-state index contributed by atoms with van der Waals surface area (Å²) in [5, 5.41) is 0. The number of esters is 2. The highest BCUT2D eigenvalue weighted by Gasteiger charge is 2.49. The Morgan fingerprint density at radius 3 is 2.54 bits per heavy atom. The monoisotopic (exact) mass is 390 g/mol. The lowest BCUT2D eigenvalue weighted by molar-refractivity contribution is -0.268. The molecule has 0 N–H and O–H groups in total. The van der Waals surface area contributed by atoms with Gasteiger partial charge in [-0.1, -0.05) is 29.9 Å². The lowest BCUT2D eigenvalue weighted by Gasteiger charge is -2.45. The number of fused-ring (bicyclic) bond motifs is 2. The second-order valence-corrected chi connectivity index (χ2v) is 7.71. The molecule has 2 aliphatic rings. The molecule has 154 valence electrons. The average molecular weight is 390 g/mol. The van der Waals surface area contributed by atoms with Crippen molar-refractivity contribution in [3.63, 3.8) is 0 Å². The minimum Gasteiger partial charge on any atom is -0.435 e. The maximum absolute atomic E-state index is 12.1. The van der Waals surface area contributed by atoms with Crippen molar-refractivity contribution in [2.75, 3.05) is 0 Å². The van der Waals surface area contributed by atoms with Crippen LogP contribution in [0.4, 0.5) is 0 Å². The fraction of sp³-hybridized carbons (Fsp3) is 0.591. The van der Waals surface area contributed by atoms with Crippen molar-refractivity contribution >= 4 is 17.7 Å². The van der Waals surface area contributed by atoms with E-state index in [0.717, 1.165) is 11.1 Å². The van der Waals surface area contributed by atoms with E-state index in [4.69, 9.17) is 14.2 Å². The van der Waals surface area contributed by atoms with Crippen LogP contribution in [0.1, 0.15) is 59.8 Å². The van der Waals surface area contributed by atoms with E-state index >= 15 is 0 Å². The Hall–Kier alpha value is -2.21. The Bertz CT molecular complexity index is 698. The highest BCUT2D eigenvalue weighted by Crippen LogP contribution is 2.45. The van der Waals surface area contributed by atoms with Gasteiger partial charge in [-0.25, -0.2) is 0 Å². The Labute approximate surface area is 166 Å². The van der Waals surface area contributed by atoms with Crippen molar-refractivity contribution in [1.29, 1.82) is 0 Å². The van der Waals surface area contributed by atoms with Gasteiger partial charge in [0.2, 0.25) is 12.6 Å². The number of Topliss-reactive ketones (excluding diaryl/α,β-unsaturated/α-hetero) is 1. The Morgan fingerprint density at radius 1 is 1.21 bits per heavy atom. The maximum atomic E-state index is 12.1. The minimum atomic E-state index is -0.856. The molecule has 2 bridgehead atoms. The summed E-state index contributed by atoms with van der Waals surface area (Å²) in [5.74, 6) is -1.23. The van der Waals surface area contributed by atoms with Gasteiger partial charge in [-0.05, 0) is 45.6 Å². The third-order valence-corrected chi connectivity index (χ3v) is 4.97. The van der Waals surface area contributed by atoms with Crippen LogP contribution in [-0.4, -0.2) is 30.3 Å². The molecule has 0 spiro atoms. The van der Waals surface area contributed by atoms with Crippen LogP contribution in [0, 0.1) is 11.8 Å². The van der Waals surface area contributed by atoms with Crippen LogP contribution in [0.5, 0.6) is 0 Å². The van der Waals surface area contributed by atoms with Crippen molar-refractivity contribution in [2.24, 2.45) is 11.8 Å². The van der Waals surface area contributed by atoms with E-state index in [2.05, 4.69) is 12.7 Å². The average Bonchev–Trinajstić information content (AvgIpc) is 2.54. The molecule has 28 heavy (non-hydrogen) atoms. The predicted molar refractivity (Wildman–Crippen MR) is 104 cm³/mol. The molecule has 4 atom stereocenters. The largest absolute Gasteiger partial charge is 0.435 e. The fourth-order valence-electron chi connectivity index (χ4n) is 3.70. The summed E-state index contributed by atoms with van der Waals surface area (Å²) in [6, 6.07) is 0. The minimum absolute atomic E-state index is 0.118. The van der Waals surface area contributed by atoms with Gasteiger partial charge in [0.05, 0.1) is 6.42 Å². The van der Waals surface area contributed by atoms with E-state index in [1.54, 1.807) is 6.92 Å². The maximum Gasteiger partial charge on any atom is 0.308 e. The summed E-state index contributed by atoms with van der Waals surface area (Å²) in [5.41, 5.74) is 2.90. The van der Waals surface area contributed by atoms with Crippen LogP contribution in [-0.2, 0) is 28.6 Å². The van der Waals surface area contributed by atoms with Gasteiger partial charge in [-0.15, -0.1) is 0 Å². The van der Waals surface area contributed by atoms with Gasteiger partial charge < -0.3 is 14.3 Å². The molecule has 2 saturated heterocycles. The van der Waals surface area contributed by atoms with Gasteiger partial charge in [0.15, 0.2) is 0 Å². The van der Waals surface area contributed by atoms with Gasteiger partial charge in [0.25, 0.3) is 0 Å². The van der Waals surface area contributed by atoms with E-state index < -0.39 is 18.5 Å². The standard InChI is InChI=1S/C22H30O6/c1-13(2)8-6-11-17-18-12-19(25)27-21(17)28-22(26-16(5)24)20(18)14(3)9-7-10-15(4)23/h8,11,18,20-22H,3,6-7,9-10,12H2,1-2,4-5H3/b17-11+/t18-,20+,21-,22+/m1/s1. The van der Waals surface area contributed by atoms with Crippen molar-refractivity contribution in [2.45, 2.75) is 72.4 Å². The summed E-state index contributed by atoms with van der Waals surface area (Å²) in [6.45, 7) is 11.1. The molecular weight excluding hydrogens is 360 g/mol. The van der Waals surface area contributed by atoms with Crippen LogP contribution in [0.2, 0.25) is 0 Å². The fourth-order valence-corrected chi connectivity index (χ4v) is 3.70. The third kappa shape index (κ3) is 5.89. The molecular formula is C22H30O6. The van der Waals surface area contributed by atoms with E-state index in [9.17, 15) is 14.4 Å². The topological polar surface area (TPSA) is 78.9 Å². The lowest BCUT2D eigenvalue weighted by atomic mass is 9.74. The highest BCUT2D eigenvalue weighted by molar-refractivity contribution is 5.75. The number of rotatable bonds is 8. The molecule has 0 aromatic heterocycles. The van der Waals surface area contributed by atoms with Crippen LogP contribution in [0.15, 0.2) is 35.5 Å². The number of ether oxygens (including phenoxy) is 3. The van der Waals surface area contributed by atoms with E-state index in [0.29, 0.717) is 25.7 Å². The number of hydrogen-bond donors (Lipinski definition) is 0. The number of carbonyl (C=O) groups excluding carboxylic acids is 3. The number of carbonyl (C=O) groups is 3. The first-order valence-corrected chi connectivity index (χ1v) is 9.71. The smallest absolute Gasteiger partial charge is 0.308 e. The second-order valence-electron chi connectivity index (χ2n) is 7.71. The molecule has 0 aliphatic carbocycles. The summed E-state index contributed by atoms with van der Waals surface area (Å²) in [6.07, 6.45) is 5.02. The Morgan fingerprint density at radius 2 is 1.93 bits per heavy atom. The van der Waals surface area contributed by atoms with Crippen molar-refractivity contribution < 1.29 is 28.6 Å². The third-order valence-electron chi connectivity index (χ3n) is 4.97. The van der Waals surface area contributed by atoms with Gasteiger partial charge in [0, 0.05) is 25.2 Å². The number of allylic oxidation sites excluding steroid dienone is 3. The first kappa shape index (κ1) is 22.1. The van der Waals surface area contributed by atoms with Crippen LogP contribution < -0.4 is 0 Å². The van der Waals surface area contributed by atoms with E-state index in [-0.39, 0.29) is 30.0 Å². The van der Waals surface area contributed by atoms with Gasteiger partial charge in [-0.2, -0.15) is 0 Å². The molecule has 2 fully saturated rings. The van der Waals surface area contributed by atoms with Crippen molar-refractivity contribution in [3.05, 3.63) is 35.5 Å². The zero-order chi connectivity index (χ0) is 20.8. The molecule has 0 saturated carbocycles. The zero-order valence-electron chi connectivity index (χ0n) is 17.2. The summed E-state index contributed by atoms with van der Waals surface area (Å²) >= 11 is 0. The first-order valence-electron chi connectivity index (χ1n) is 9.71. The predicted octanol–water partition coefficient (Wildman–Crippen LogP) is 4.01. The van der Waals surface area contributed by atoms with Crippen LogP contribution in [0.3, 0.4) is 0 Å². The molecule has 0 aromatic rings. The zero-order valence-corrected chi connectivity index (χ0v) is 17.2. The SMILES string of the molecule is C=C(CCCC(C)=O)[C@@H]1[C@@H](OC(C)=O)O[C@H]2OC(=O)C[C@@H]1/C2=C\CC=C(C)C. The van der Waals surface area contributed by atoms with E-state index in [1.807, 2.05) is 19.9 Å². The normalized spacial score (nSPS) is 27.7. The van der Waals surface area contributed by atoms with Gasteiger partial charge in [-0.3, -0.25) is 14.3 Å². The summed E-state index contributed by atoms with van der Waals surface area (Å²) in [4.78, 5) is 34.9.